The fourth-order valence-corrected chi connectivity index (χ4v) is 1.61. The summed E-state index contributed by atoms with van der Waals surface area (Å²) in [6.45, 7) is 1.90. The number of hydrogen-bond acceptors (Lipinski definition) is 2. The number of H-pyrrole nitrogens is 1. The smallest absolute Gasteiger partial charge is 0.352 e. The van der Waals surface area contributed by atoms with Crippen molar-refractivity contribution in [2.24, 2.45) is 7.05 Å². The number of aromatic carboxylic acids is 1. The van der Waals surface area contributed by atoms with Gasteiger partial charge in [0.25, 0.3) is 0 Å². The lowest BCUT2D eigenvalue weighted by Gasteiger charge is -2.03. The largest absolute Gasteiger partial charge is 0.477 e. The minimum Gasteiger partial charge on any atom is -0.477 e. The Morgan fingerprint density at radius 3 is 2.73 bits per heavy atom. The molecule has 2 aromatic rings. The second-order valence-electron chi connectivity index (χ2n) is 3.38. The maximum Gasteiger partial charge on any atom is 0.352 e. The zero-order chi connectivity index (χ0) is 11.0. The average molecular weight is 205 g/mol. The summed E-state index contributed by atoms with van der Waals surface area (Å²) in [5.74, 6) is -0.926. The molecule has 2 heterocycles. The second kappa shape index (κ2) is 3.27. The van der Waals surface area contributed by atoms with Crippen molar-refractivity contribution >= 4 is 5.97 Å². The van der Waals surface area contributed by atoms with Crippen LogP contribution >= 0.6 is 0 Å². The van der Waals surface area contributed by atoms with E-state index in [2.05, 4.69) is 10.2 Å². The molecule has 2 N–H and O–H groups in total. The predicted octanol–water partition coefficient (Wildman–Crippen LogP) is 1.42. The third-order valence-electron chi connectivity index (χ3n) is 2.45. The lowest BCUT2D eigenvalue weighted by Crippen LogP contribution is -2.05. The molecule has 2 rings (SSSR count). The zero-order valence-electron chi connectivity index (χ0n) is 8.48. The van der Waals surface area contributed by atoms with Gasteiger partial charge in [0.05, 0.1) is 11.9 Å². The van der Waals surface area contributed by atoms with Crippen LogP contribution in [0.2, 0.25) is 0 Å². The predicted molar refractivity (Wildman–Crippen MR) is 54.7 cm³/mol. The third-order valence-corrected chi connectivity index (χ3v) is 2.45. The molecule has 0 spiro atoms. The van der Waals surface area contributed by atoms with E-state index in [-0.39, 0.29) is 5.69 Å². The number of nitrogens with one attached hydrogen (secondary N) is 1. The molecule has 0 aromatic carbocycles. The van der Waals surface area contributed by atoms with Gasteiger partial charge in [0.1, 0.15) is 5.69 Å². The zero-order valence-corrected chi connectivity index (χ0v) is 8.48. The van der Waals surface area contributed by atoms with Crippen LogP contribution in [0.3, 0.4) is 0 Å². The SMILES string of the molecule is Cc1[nH]ncc1-c1ccc(C(=O)O)n1C. The molecule has 0 saturated heterocycles. The standard InChI is InChI=1S/C10H11N3O2/c1-6-7(5-11-12-6)8-3-4-9(10(14)15)13(8)2/h3-5H,1-2H3,(H,11,12)(H,14,15). The molecule has 0 aliphatic rings. The highest BCUT2D eigenvalue weighted by atomic mass is 16.4. The van der Waals surface area contributed by atoms with Crippen LogP contribution in [-0.2, 0) is 7.05 Å². The van der Waals surface area contributed by atoms with Crippen LogP contribution < -0.4 is 0 Å². The molecule has 0 saturated carbocycles. The Morgan fingerprint density at radius 2 is 2.27 bits per heavy atom. The minimum absolute atomic E-state index is 0.269. The summed E-state index contributed by atoms with van der Waals surface area (Å²) in [5.41, 5.74) is 2.96. The highest BCUT2D eigenvalue weighted by Gasteiger charge is 2.13. The van der Waals surface area contributed by atoms with Crippen LogP contribution in [0.1, 0.15) is 16.2 Å². The Bertz CT molecular complexity index is 510. The van der Waals surface area contributed by atoms with Crippen molar-refractivity contribution in [3.05, 3.63) is 29.7 Å². The van der Waals surface area contributed by atoms with Gasteiger partial charge >= 0.3 is 5.97 Å². The maximum atomic E-state index is 10.8. The number of carboxylic acids is 1. The minimum atomic E-state index is -0.926. The number of carboxylic acid groups (broad SMARTS) is 1. The molecule has 5 nitrogen and oxygen atoms in total. The van der Waals surface area contributed by atoms with E-state index in [1.165, 1.54) is 0 Å². The van der Waals surface area contributed by atoms with Crippen LogP contribution in [0.25, 0.3) is 11.3 Å². The van der Waals surface area contributed by atoms with Crippen molar-refractivity contribution in [2.75, 3.05) is 0 Å². The van der Waals surface area contributed by atoms with Gasteiger partial charge in [-0.15, -0.1) is 0 Å². The Labute approximate surface area is 86.4 Å². The number of carbonyl (C=O) groups is 1. The van der Waals surface area contributed by atoms with E-state index in [1.807, 2.05) is 6.92 Å². The lowest BCUT2D eigenvalue weighted by atomic mass is 10.2. The molecular formula is C10H11N3O2. The molecule has 0 atom stereocenters. The Balaban J connectivity index is 2.56. The number of nitrogens with zero attached hydrogens (tertiary/aromatic N) is 2. The molecule has 15 heavy (non-hydrogen) atoms. The Hall–Kier alpha value is -2.04. The molecule has 0 radical (unpaired) electrons. The Morgan fingerprint density at radius 1 is 1.53 bits per heavy atom. The van der Waals surface area contributed by atoms with Crippen molar-refractivity contribution in [1.29, 1.82) is 0 Å². The van der Waals surface area contributed by atoms with Crippen molar-refractivity contribution in [3.8, 4) is 11.3 Å². The first-order chi connectivity index (χ1) is 7.11. The van der Waals surface area contributed by atoms with Gasteiger partial charge in [-0.1, -0.05) is 0 Å². The van der Waals surface area contributed by atoms with Gasteiger partial charge in [-0.2, -0.15) is 5.10 Å². The van der Waals surface area contributed by atoms with E-state index < -0.39 is 5.97 Å². The first-order valence-electron chi connectivity index (χ1n) is 4.50. The number of hydrogen-bond donors (Lipinski definition) is 2. The normalized spacial score (nSPS) is 10.5. The summed E-state index contributed by atoms with van der Waals surface area (Å²) in [7, 11) is 1.73. The summed E-state index contributed by atoms with van der Waals surface area (Å²) in [4.78, 5) is 10.8. The molecular weight excluding hydrogens is 194 g/mol. The fourth-order valence-electron chi connectivity index (χ4n) is 1.61. The van der Waals surface area contributed by atoms with Gasteiger partial charge in [-0.3, -0.25) is 5.10 Å². The molecule has 0 amide bonds. The monoisotopic (exact) mass is 205 g/mol. The maximum absolute atomic E-state index is 10.8. The summed E-state index contributed by atoms with van der Waals surface area (Å²) in [6.07, 6.45) is 1.69. The lowest BCUT2D eigenvalue weighted by molar-refractivity contribution is 0.0687. The first-order valence-corrected chi connectivity index (χ1v) is 4.50. The molecule has 0 bridgehead atoms. The van der Waals surface area contributed by atoms with Crippen molar-refractivity contribution in [2.45, 2.75) is 6.92 Å². The van der Waals surface area contributed by atoms with Crippen LogP contribution in [0.15, 0.2) is 18.3 Å². The molecule has 0 aliphatic heterocycles. The molecule has 5 heteroatoms. The quantitative estimate of drug-likeness (QED) is 0.778. The molecule has 2 aromatic heterocycles. The van der Waals surface area contributed by atoms with Crippen LogP contribution in [-0.4, -0.2) is 25.8 Å². The summed E-state index contributed by atoms with van der Waals surface area (Å²) < 4.78 is 1.64. The van der Waals surface area contributed by atoms with Crippen molar-refractivity contribution in [1.82, 2.24) is 14.8 Å². The van der Waals surface area contributed by atoms with E-state index >= 15 is 0 Å². The van der Waals surface area contributed by atoms with Gasteiger partial charge in [0, 0.05) is 18.3 Å². The van der Waals surface area contributed by atoms with Gasteiger partial charge in [-0.05, 0) is 19.1 Å². The number of rotatable bonds is 2. The summed E-state index contributed by atoms with van der Waals surface area (Å²) in [5, 5.41) is 15.6. The van der Waals surface area contributed by atoms with E-state index in [4.69, 9.17) is 5.11 Å². The van der Waals surface area contributed by atoms with Crippen molar-refractivity contribution < 1.29 is 9.90 Å². The molecule has 0 fully saturated rings. The highest BCUT2D eigenvalue weighted by molar-refractivity contribution is 5.87. The highest BCUT2D eigenvalue weighted by Crippen LogP contribution is 2.23. The van der Waals surface area contributed by atoms with Gasteiger partial charge < -0.3 is 9.67 Å². The second-order valence-corrected chi connectivity index (χ2v) is 3.38. The van der Waals surface area contributed by atoms with Gasteiger partial charge in [0.15, 0.2) is 0 Å². The first kappa shape index (κ1) is 9.51. The van der Waals surface area contributed by atoms with Crippen LogP contribution in [0.5, 0.6) is 0 Å². The van der Waals surface area contributed by atoms with E-state index in [9.17, 15) is 4.79 Å². The van der Waals surface area contributed by atoms with Gasteiger partial charge in [-0.25, -0.2) is 4.79 Å². The van der Waals surface area contributed by atoms with Crippen molar-refractivity contribution in [3.63, 3.8) is 0 Å². The fraction of sp³-hybridized carbons (Fsp3) is 0.200. The molecule has 0 aliphatic carbocycles. The number of aromatic amines is 1. The third kappa shape index (κ3) is 1.41. The van der Waals surface area contributed by atoms with E-state index in [0.717, 1.165) is 17.0 Å². The number of aromatic nitrogens is 3. The molecule has 78 valence electrons. The van der Waals surface area contributed by atoms with Crippen LogP contribution in [0, 0.1) is 6.92 Å². The van der Waals surface area contributed by atoms with Crippen LogP contribution in [0.4, 0.5) is 0 Å². The topological polar surface area (TPSA) is 70.9 Å². The van der Waals surface area contributed by atoms with E-state index in [0.29, 0.717) is 0 Å². The summed E-state index contributed by atoms with van der Waals surface area (Å²) >= 11 is 0. The Kier molecular flexibility index (Phi) is 2.07. The average Bonchev–Trinajstić information content (AvgIpc) is 2.71. The molecule has 0 unspecified atom stereocenters. The van der Waals surface area contributed by atoms with Gasteiger partial charge in [0.2, 0.25) is 0 Å². The summed E-state index contributed by atoms with van der Waals surface area (Å²) in [6, 6.07) is 3.37. The number of aryl methyl sites for hydroxylation is 1. The van der Waals surface area contributed by atoms with E-state index in [1.54, 1.807) is 29.9 Å².